The lowest BCUT2D eigenvalue weighted by molar-refractivity contribution is 0.123. The van der Waals surface area contributed by atoms with E-state index in [2.05, 4.69) is 21.2 Å². The largest absolute Gasteiger partial charge is 0.380 e. The molecular formula is C12H17BrFNO. The van der Waals surface area contributed by atoms with Crippen LogP contribution >= 0.6 is 15.9 Å². The molecule has 0 amide bonds. The zero-order valence-corrected chi connectivity index (χ0v) is 11.2. The van der Waals surface area contributed by atoms with Crippen molar-refractivity contribution in [2.45, 2.75) is 19.9 Å². The molecule has 90 valence electrons. The third kappa shape index (κ3) is 3.85. The number of ether oxygens (including phenoxy) is 1. The number of nitrogens with one attached hydrogen (secondary N) is 1. The minimum Gasteiger partial charge on any atom is -0.380 e. The Kier molecular flexibility index (Phi) is 5.95. The molecule has 0 aliphatic carbocycles. The molecule has 1 rings (SSSR count). The first-order valence-electron chi connectivity index (χ1n) is 5.45. The molecule has 0 spiro atoms. The van der Waals surface area contributed by atoms with Gasteiger partial charge < -0.3 is 10.1 Å². The van der Waals surface area contributed by atoms with Crippen molar-refractivity contribution in [3.63, 3.8) is 0 Å². The molecule has 1 unspecified atom stereocenters. The second-order valence-corrected chi connectivity index (χ2v) is 4.30. The summed E-state index contributed by atoms with van der Waals surface area (Å²) in [5.41, 5.74) is 0.913. The molecule has 0 saturated carbocycles. The van der Waals surface area contributed by atoms with Gasteiger partial charge in [-0.2, -0.15) is 0 Å². The zero-order valence-electron chi connectivity index (χ0n) is 9.59. The average molecular weight is 290 g/mol. The highest BCUT2D eigenvalue weighted by Crippen LogP contribution is 2.21. The van der Waals surface area contributed by atoms with Gasteiger partial charge in [0, 0.05) is 6.61 Å². The highest BCUT2D eigenvalue weighted by Gasteiger charge is 2.12. The van der Waals surface area contributed by atoms with E-state index in [4.69, 9.17) is 4.74 Å². The lowest BCUT2D eigenvalue weighted by Crippen LogP contribution is -2.25. The van der Waals surface area contributed by atoms with Gasteiger partial charge in [-0.15, -0.1) is 0 Å². The van der Waals surface area contributed by atoms with Gasteiger partial charge in [0.1, 0.15) is 5.82 Å². The van der Waals surface area contributed by atoms with E-state index < -0.39 is 0 Å². The molecule has 1 atom stereocenters. The Morgan fingerprint density at radius 3 is 2.75 bits per heavy atom. The summed E-state index contributed by atoms with van der Waals surface area (Å²) in [5, 5.41) is 3.27. The van der Waals surface area contributed by atoms with Crippen LogP contribution in [0.2, 0.25) is 0 Å². The summed E-state index contributed by atoms with van der Waals surface area (Å²) < 4.78 is 19.3. The highest BCUT2D eigenvalue weighted by atomic mass is 79.9. The number of halogens is 2. The van der Waals surface area contributed by atoms with E-state index in [0.29, 0.717) is 17.7 Å². The monoisotopic (exact) mass is 289 g/mol. The van der Waals surface area contributed by atoms with Gasteiger partial charge in [0.2, 0.25) is 0 Å². The SMILES string of the molecule is CCNC(COCC)c1ccc(Br)c(F)c1. The van der Waals surface area contributed by atoms with E-state index in [-0.39, 0.29) is 11.9 Å². The molecule has 0 heterocycles. The summed E-state index contributed by atoms with van der Waals surface area (Å²) in [6, 6.07) is 5.21. The molecular weight excluding hydrogens is 273 g/mol. The fourth-order valence-corrected chi connectivity index (χ4v) is 1.73. The Labute approximate surface area is 104 Å². The van der Waals surface area contributed by atoms with Crippen molar-refractivity contribution in [1.29, 1.82) is 0 Å². The van der Waals surface area contributed by atoms with Crippen molar-refractivity contribution in [2.75, 3.05) is 19.8 Å². The summed E-state index contributed by atoms with van der Waals surface area (Å²) in [7, 11) is 0. The zero-order chi connectivity index (χ0) is 12.0. The van der Waals surface area contributed by atoms with E-state index in [1.54, 1.807) is 6.07 Å². The second-order valence-electron chi connectivity index (χ2n) is 3.44. The van der Waals surface area contributed by atoms with Crippen LogP contribution in [0.25, 0.3) is 0 Å². The van der Waals surface area contributed by atoms with Crippen LogP contribution in [0.4, 0.5) is 4.39 Å². The van der Waals surface area contributed by atoms with Gasteiger partial charge in [-0.1, -0.05) is 13.0 Å². The normalized spacial score (nSPS) is 12.8. The van der Waals surface area contributed by atoms with Gasteiger partial charge >= 0.3 is 0 Å². The van der Waals surface area contributed by atoms with Crippen molar-refractivity contribution in [3.05, 3.63) is 34.1 Å². The van der Waals surface area contributed by atoms with E-state index >= 15 is 0 Å². The van der Waals surface area contributed by atoms with E-state index in [0.717, 1.165) is 12.1 Å². The van der Waals surface area contributed by atoms with Crippen molar-refractivity contribution in [1.82, 2.24) is 5.32 Å². The highest BCUT2D eigenvalue weighted by molar-refractivity contribution is 9.10. The van der Waals surface area contributed by atoms with Crippen molar-refractivity contribution < 1.29 is 9.13 Å². The molecule has 1 N–H and O–H groups in total. The molecule has 16 heavy (non-hydrogen) atoms. The molecule has 0 aliphatic heterocycles. The molecule has 0 radical (unpaired) electrons. The molecule has 0 aliphatic rings. The minimum atomic E-state index is -0.239. The average Bonchev–Trinajstić information content (AvgIpc) is 2.28. The quantitative estimate of drug-likeness (QED) is 0.868. The van der Waals surface area contributed by atoms with Crippen LogP contribution in [-0.2, 0) is 4.74 Å². The maximum absolute atomic E-state index is 13.4. The number of hydrogen-bond acceptors (Lipinski definition) is 2. The smallest absolute Gasteiger partial charge is 0.137 e. The van der Waals surface area contributed by atoms with Gasteiger partial charge in [-0.25, -0.2) is 4.39 Å². The van der Waals surface area contributed by atoms with Gasteiger partial charge in [0.05, 0.1) is 17.1 Å². The maximum atomic E-state index is 13.4. The van der Waals surface area contributed by atoms with Crippen LogP contribution in [0.5, 0.6) is 0 Å². The van der Waals surface area contributed by atoms with E-state index in [1.165, 1.54) is 6.07 Å². The van der Waals surface area contributed by atoms with Gasteiger partial charge in [-0.05, 0) is 47.1 Å². The van der Waals surface area contributed by atoms with E-state index in [9.17, 15) is 4.39 Å². The van der Waals surface area contributed by atoms with Gasteiger partial charge in [0.15, 0.2) is 0 Å². The first-order valence-corrected chi connectivity index (χ1v) is 6.24. The Balaban J connectivity index is 2.78. The fourth-order valence-electron chi connectivity index (χ4n) is 1.48. The van der Waals surface area contributed by atoms with Crippen LogP contribution in [0.1, 0.15) is 25.5 Å². The topological polar surface area (TPSA) is 21.3 Å². The molecule has 1 aromatic rings. The Hall–Kier alpha value is -0.450. The fraction of sp³-hybridized carbons (Fsp3) is 0.500. The molecule has 4 heteroatoms. The van der Waals surface area contributed by atoms with E-state index in [1.807, 2.05) is 19.9 Å². The van der Waals surface area contributed by atoms with Gasteiger partial charge in [-0.3, -0.25) is 0 Å². The number of likely N-dealkylation sites (N-methyl/N-ethyl adjacent to an activating group) is 1. The van der Waals surface area contributed by atoms with Crippen molar-refractivity contribution in [2.24, 2.45) is 0 Å². The maximum Gasteiger partial charge on any atom is 0.137 e. The molecule has 1 aromatic carbocycles. The first-order chi connectivity index (χ1) is 7.69. The second kappa shape index (κ2) is 6.99. The summed E-state index contributed by atoms with van der Waals surface area (Å²) in [4.78, 5) is 0. The summed E-state index contributed by atoms with van der Waals surface area (Å²) >= 11 is 3.14. The summed E-state index contributed by atoms with van der Waals surface area (Å²) in [5.74, 6) is -0.239. The molecule has 2 nitrogen and oxygen atoms in total. The number of hydrogen-bond donors (Lipinski definition) is 1. The van der Waals surface area contributed by atoms with Crippen LogP contribution in [0.3, 0.4) is 0 Å². The Morgan fingerprint density at radius 2 is 2.19 bits per heavy atom. The molecule has 0 saturated heterocycles. The molecule has 0 bridgehead atoms. The Bertz CT molecular complexity index is 333. The minimum absolute atomic E-state index is 0.0487. The third-order valence-corrected chi connectivity index (χ3v) is 2.93. The number of benzene rings is 1. The lowest BCUT2D eigenvalue weighted by atomic mass is 10.1. The molecule has 0 aromatic heterocycles. The van der Waals surface area contributed by atoms with Crippen LogP contribution in [0.15, 0.2) is 22.7 Å². The predicted octanol–water partition coefficient (Wildman–Crippen LogP) is 3.28. The van der Waals surface area contributed by atoms with Gasteiger partial charge in [0.25, 0.3) is 0 Å². The summed E-state index contributed by atoms with van der Waals surface area (Å²) in [6.07, 6.45) is 0. The first kappa shape index (κ1) is 13.6. The molecule has 0 fully saturated rings. The van der Waals surface area contributed by atoms with Crippen molar-refractivity contribution >= 4 is 15.9 Å². The van der Waals surface area contributed by atoms with Crippen molar-refractivity contribution in [3.8, 4) is 0 Å². The van der Waals surface area contributed by atoms with Crippen LogP contribution < -0.4 is 5.32 Å². The van der Waals surface area contributed by atoms with Crippen LogP contribution in [0, 0.1) is 5.82 Å². The third-order valence-electron chi connectivity index (χ3n) is 2.29. The summed E-state index contributed by atoms with van der Waals surface area (Å²) in [6.45, 7) is 6.03. The standard InChI is InChI=1S/C12H17BrFNO/c1-3-15-12(8-16-4-2)9-5-6-10(13)11(14)7-9/h5-7,12,15H,3-4,8H2,1-2H3. The predicted molar refractivity (Wildman–Crippen MR) is 67.0 cm³/mol. The van der Waals surface area contributed by atoms with Crippen LogP contribution in [-0.4, -0.2) is 19.8 Å². The number of rotatable bonds is 6. The lowest BCUT2D eigenvalue weighted by Gasteiger charge is -2.18. The Morgan fingerprint density at radius 1 is 1.44 bits per heavy atom.